The van der Waals surface area contributed by atoms with E-state index in [9.17, 15) is 18.0 Å². The van der Waals surface area contributed by atoms with Crippen LogP contribution in [-0.2, 0) is 15.7 Å². The van der Waals surface area contributed by atoms with Crippen molar-refractivity contribution in [3.05, 3.63) is 29.8 Å². The molecule has 0 atom stereocenters. The smallest absolute Gasteiger partial charge is 0.416 e. The zero-order valence-electron chi connectivity index (χ0n) is 17.8. The Hall–Kier alpha value is -2.25. The third-order valence-electron chi connectivity index (χ3n) is 4.19. The third-order valence-corrected chi connectivity index (χ3v) is 4.19. The van der Waals surface area contributed by atoms with Gasteiger partial charge in [-0.15, -0.1) is 5.10 Å². The fraction of sp³-hybridized carbons (Fsp3) is 0.619. The molecule has 1 aromatic carbocycles. The lowest BCUT2D eigenvalue weighted by atomic mass is 10.1. The molecule has 1 rings (SSSR count). The highest BCUT2D eigenvalue weighted by Gasteiger charge is 2.30. The van der Waals surface area contributed by atoms with Gasteiger partial charge in [0.1, 0.15) is 0 Å². The maximum Gasteiger partial charge on any atom is 0.416 e. The van der Waals surface area contributed by atoms with Crippen LogP contribution >= 0.6 is 0 Å². The SMILES string of the molecule is CCOC(=O)/C(=N\Nc1cccc(C(F)(F)F)c1)N(CCC(C)C)CCC(C)C. The van der Waals surface area contributed by atoms with E-state index < -0.39 is 17.7 Å². The lowest BCUT2D eigenvalue weighted by molar-refractivity contribution is -0.138. The van der Waals surface area contributed by atoms with Gasteiger partial charge >= 0.3 is 12.1 Å². The van der Waals surface area contributed by atoms with Crippen LogP contribution < -0.4 is 5.43 Å². The molecule has 0 spiro atoms. The van der Waals surface area contributed by atoms with Gasteiger partial charge in [0.2, 0.25) is 5.84 Å². The average Bonchev–Trinajstić information content (AvgIpc) is 2.62. The van der Waals surface area contributed by atoms with Crippen molar-refractivity contribution in [1.29, 1.82) is 0 Å². The molecule has 0 bridgehead atoms. The summed E-state index contributed by atoms with van der Waals surface area (Å²) < 4.78 is 43.9. The summed E-state index contributed by atoms with van der Waals surface area (Å²) in [7, 11) is 0. The standard InChI is InChI=1S/C21H32F3N3O2/c1-6-29-20(28)19(27(12-10-15(2)3)13-11-16(4)5)26-25-18-9-7-8-17(14-18)21(22,23)24/h7-9,14-16,25H,6,10-13H2,1-5H3/b26-19+. The quantitative estimate of drug-likeness (QED) is 0.254. The number of esters is 1. The number of nitrogens with zero attached hydrogens (tertiary/aromatic N) is 2. The molecule has 164 valence electrons. The van der Waals surface area contributed by atoms with Gasteiger partial charge in [0.15, 0.2) is 0 Å². The van der Waals surface area contributed by atoms with E-state index in [2.05, 4.69) is 38.2 Å². The predicted molar refractivity (Wildman–Crippen MR) is 110 cm³/mol. The van der Waals surface area contributed by atoms with Crippen molar-refractivity contribution in [3.8, 4) is 0 Å². The molecule has 5 nitrogen and oxygen atoms in total. The van der Waals surface area contributed by atoms with Crippen LogP contribution in [-0.4, -0.2) is 36.4 Å². The van der Waals surface area contributed by atoms with Gasteiger partial charge < -0.3 is 9.64 Å². The highest BCUT2D eigenvalue weighted by Crippen LogP contribution is 2.30. The summed E-state index contributed by atoms with van der Waals surface area (Å²) in [5.41, 5.74) is 1.96. The number of alkyl halides is 3. The number of rotatable bonds is 9. The molecule has 0 radical (unpaired) electrons. The van der Waals surface area contributed by atoms with E-state index in [1.807, 2.05) is 4.90 Å². The summed E-state index contributed by atoms with van der Waals surface area (Å²) in [6.45, 7) is 11.4. The van der Waals surface area contributed by atoms with Crippen LogP contribution in [0.2, 0.25) is 0 Å². The minimum Gasteiger partial charge on any atom is -0.460 e. The summed E-state index contributed by atoms with van der Waals surface area (Å²) in [4.78, 5) is 14.4. The van der Waals surface area contributed by atoms with Gasteiger partial charge in [0, 0.05) is 13.1 Å². The maximum absolute atomic E-state index is 12.9. The molecular weight excluding hydrogens is 383 g/mol. The third kappa shape index (κ3) is 9.19. The van der Waals surface area contributed by atoms with Gasteiger partial charge in [0.05, 0.1) is 17.9 Å². The molecule has 8 heteroatoms. The molecule has 0 aliphatic rings. The van der Waals surface area contributed by atoms with Crippen LogP contribution in [0.15, 0.2) is 29.4 Å². The Labute approximate surface area is 171 Å². The van der Waals surface area contributed by atoms with E-state index in [1.165, 1.54) is 12.1 Å². The van der Waals surface area contributed by atoms with Crippen LogP contribution in [0.4, 0.5) is 18.9 Å². The Morgan fingerprint density at radius 2 is 1.72 bits per heavy atom. The first-order valence-electron chi connectivity index (χ1n) is 9.97. The molecule has 0 aliphatic carbocycles. The predicted octanol–water partition coefficient (Wildman–Crippen LogP) is 5.39. The molecule has 0 heterocycles. The van der Waals surface area contributed by atoms with Crippen molar-refractivity contribution in [2.45, 2.75) is 53.6 Å². The number of ether oxygens (including phenoxy) is 1. The van der Waals surface area contributed by atoms with Crippen molar-refractivity contribution < 1.29 is 22.7 Å². The molecular formula is C21H32F3N3O2. The molecule has 0 saturated heterocycles. The van der Waals surface area contributed by atoms with Crippen molar-refractivity contribution in [2.24, 2.45) is 16.9 Å². The number of hydrogen-bond acceptors (Lipinski definition) is 4. The van der Waals surface area contributed by atoms with Crippen LogP contribution in [0.5, 0.6) is 0 Å². The van der Waals surface area contributed by atoms with Crippen molar-refractivity contribution >= 4 is 17.5 Å². The minimum absolute atomic E-state index is 0.0746. The van der Waals surface area contributed by atoms with E-state index in [1.54, 1.807) is 6.92 Å². The molecule has 1 N–H and O–H groups in total. The van der Waals surface area contributed by atoms with Crippen molar-refractivity contribution in [2.75, 3.05) is 25.1 Å². The second kappa shape index (κ2) is 11.7. The van der Waals surface area contributed by atoms with Crippen LogP contribution in [0, 0.1) is 11.8 Å². The van der Waals surface area contributed by atoms with Gasteiger partial charge in [-0.2, -0.15) is 13.2 Å². The van der Waals surface area contributed by atoms with Gasteiger partial charge in [-0.25, -0.2) is 4.79 Å². The zero-order chi connectivity index (χ0) is 22.0. The summed E-state index contributed by atoms with van der Waals surface area (Å²) in [6.07, 6.45) is -2.76. The lowest BCUT2D eigenvalue weighted by Gasteiger charge is -2.26. The number of nitrogens with one attached hydrogen (secondary N) is 1. The number of hydrazone groups is 1. The second-order valence-corrected chi connectivity index (χ2v) is 7.70. The monoisotopic (exact) mass is 415 g/mol. The molecule has 0 amide bonds. The first-order valence-corrected chi connectivity index (χ1v) is 9.97. The zero-order valence-corrected chi connectivity index (χ0v) is 17.8. The number of amidine groups is 1. The fourth-order valence-electron chi connectivity index (χ4n) is 2.48. The molecule has 0 unspecified atom stereocenters. The second-order valence-electron chi connectivity index (χ2n) is 7.70. The van der Waals surface area contributed by atoms with E-state index in [0.717, 1.165) is 25.0 Å². The molecule has 0 aromatic heterocycles. The highest BCUT2D eigenvalue weighted by molar-refractivity contribution is 6.35. The lowest BCUT2D eigenvalue weighted by Crippen LogP contribution is -2.40. The fourth-order valence-corrected chi connectivity index (χ4v) is 2.48. The van der Waals surface area contributed by atoms with E-state index in [-0.39, 0.29) is 18.1 Å². The van der Waals surface area contributed by atoms with Crippen LogP contribution in [0.25, 0.3) is 0 Å². The number of carbonyl (C=O) groups excluding carboxylic acids is 1. The van der Waals surface area contributed by atoms with Gasteiger partial charge in [-0.05, 0) is 49.8 Å². The van der Waals surface area contributed by atoms with Crippen molar-refractivity contribution in [1.82, 2.24) is 4.90 Å². The topological polar surface area (TPSA) is 53.9 Å². The minimum atomic E-state index is -4.45. The van der Waals surface area contributed by atoms with E-state index >= 15 is 0 Å². The maximum atomic E-state index is 12.9. The number of benzene rings is 1. The van der Waals surface area contributed by atoms with E-state index in [0.29, 0.717) is 24.9 Å². The molecule has 0 fully saturated rings. The van der Waals surface area contributed by atoms with Gasteiger partial charge in [-0.3, -0.25) is 5.43 Å². The number of halogens is 3. The highest BCUT2D eigenvalue weighted by atomic mass is 19.4. The van der Waals surface area contributed by atoms with Crippen LogP contribution in [0.3, 0.4) is 0 Å². The summed E-state index contributed by atoms with van der Waals surface area (Å²) in [6, 6.07) is 4.70. The summed E-state index contributed by atoms with van der Waals surface area (Å²) in [5, 5.41) is 4.14. The summed E-state index contributed by atoms with van der Waals surface area (Å²) >= 11 is 0. The Balaban J connectivity index is 3.14. The number of anilines is 1. The number of hydrogen-bond donors (Lipinski definition) is 1. The van der Waals surface area contributed by atoms with Crippen LogP contribution in [0.1, 0.15) is 53.0 Å². The molecule has 29 heavy (non-hydrogen) atoms. The van der Waals surface area contributed by atoms with Gasteiger partial charge in [0.25, 0.3) is 0 Å². The van der Waals surface area contributed by atoms with E-state index in [4.69, 9.17) is 4.74 Å². The largest absolute Gasteiger partial charge is 0.460 e. The molecule has 0 aliphatic heterocycles. The number of carbonyl (C=O) groups is 1. The molecule has 1 aromatic rings. The first kappa shape index (κ1) is 24.8. The average molecular weight is 416 g/mol. The summed E-state index contributed by atoms with van der Waals surface area (Å²) in [5.74, 6) is 0.331. The van der Waals surface area contributed by atoms with Gasteiger partial charge in [-0.1, -0.05) is 33.8 Å². The Kier molecular flexibility index (Phi) is 9.98. The molecule has 0 saturated carbocycles. The van der Waals surface area contributed by atoms with Crippen molar-refractivity contribution in [3.63, 3.8) is 0 Å². The Bertz CT molecular complexity index is 661. The normalized spacial score (nSPS) is 12.4. The Morgan fingerprint density at radius 3 is 2.21 bits per heavy atom. The first-order chi connectivity index (χ1) is 13.5. The Morgan fingerprint density at radius 1 is 1.14 bits per heavy atom.